The van der Waals surface area contributed by atoms with Crippen LogP contribution in [0, 0.1) is 5.82 Å². The number of benzene rings is 1. The first kappa shape index (κ1) is 15.3. The molecule has 1 aromatic rings. The van der Waals surface area contributed by atoms with E-state index < -0.39 is 0 Å². The Morgan fingerprint density at radius 2 is 2.05 bits per heavy atom. The maximum absolute atomic E-state index is 13.8. The average Bonchev–Trinajstić information content (AvgIpc) is 2.46. The van der Waals surface area contributed by atoms with E-state index in [4.69, 9.17) is 0 Å². The summed E-state index contributed by atoms with van der Waals surface area (Å²) >= 11 is 1.78. The molecule has 1 heterocycles. The number of nitrogens with zero attached hydrogens (tertiary/aromatic N) is 3. The lowest BCUT2D eigenvalue weighted by Crippen LogP contribution is -2.36. The number of halogens is 1. The van der Waals surface area contributed by atoms with E-state index in [9.17, 15) is 4.39 Å². The van der Waals surface area contributed by atoms with Gasteiger partial charge in [0.05, 0.1) is 0 Å². The highest BCUT2D eigenvalue weighted by Crippen LogP contribution is 2.19. The molecule has 0 amide bonds. The van der Waals surface area contributed by atoms with Crippen LogP contribution in [0.2, 0.25) is 0 Å². The zero-order chi connectivity index (χ0) is 14.4. The van der Waals surface area contributed by atoms with Crippen LogP contribution in [0.3, 0.4) is 0 Å². The van der Waals surface area contributed by atoms with Crippen molar-refractivity contribution in [3.05, 3.63) is 35.6 Å². The van der Waals surface area contributed by atoms with Gasteiger partial charge in [0.1, 0.15) is 5.82 Å². The van der Waals surface area contributed by atoms with Gasteiger partial charge in [-0.3, -0.25) is 4.99 Å². The van der Waals surface area contributed by atoms with Crippen molar-refractivity contribution in [1.82, 2.24) is 9.80 Å². The molecule has 0 aromatic heterocycles. The number of thioether (sulfide) groups is 1. The van der Waals surface area contributed by atoms with Crippen LogP contribution in [-0.2, 0) is 6.54 Å². The van der Waals surface area contributed by atoms with E-state index in [-0.39, 0.29) is 5.82 Å². The summed E-state index contributed by atoms with van der Waals surface area (Å²) in [6, 6.07) is 7.00. The van der Waals surface area contributed by atoms with Crippen LogP contribution >= 0.6 is 11.8 Å². The molecule has 1 aliphatic rings. The van der Waals surface area contributed by atoms with Crippen molar-refractivity contribution < 1.29 is 4.39 Å². The third kappa shape index (κ3) is 4.49. The lowest BCUT2D eigenvalue weighted by Gasteiger charge is -2.28. The van der Waals surface area contributed by atoms with Crippen LogP contribution < -0.4 is 0 Å². The number of hydrogen-bond acceptors (Lipinski definition) is 4. The van der Waals surface area contributed by atoms with E-state index in [1.54, 1.807) is 17.8 Å². The van der Waals surface area contributed by atoms with E-state index in [1.165, 1.54) is 6.07 Å². The first-order valence-electron chi connectivity index (χ1n) is 6.97. The number of aliphatic imine (C=N–C) groups is 1. The number of likely N-dealkylation sites (N-methyl/N-ethyl adjacent to an activating group) is 1. The highest BCUT2D eigenvalue weighted by molar-refractivity contribution is 8.13. The van der Waals surface area contributed by atoms with Gasteiger partial charge in [0, 0.05) is 37.5 Å². The van der Waals surface area contributed by atoms with Crippen molar-refractivity contribution >= 4 is 16.9 Å². The quantitative estimate of drug-likeness (QED) is 0.832. The van der Waals surface area contributed by atoms with Crippen molar-refractivity contribution in [1.29, 1.82) is 0 Å². The third-order valence-electron chi connectivity index (χ3n) is 3.19. The van der Waals surface area contributed by atoms with Crippen molar-refractivity contribution in [2.24, 2.45) is 4.99 Å². The minimum absolute atomic E-state index is 0.135. The van der Waals surface area contributed by atoms with Crippen LogP contribution in [-0.4, -0.2) is 54.4 Å². The van der Waals surface area contributed by atoms with Crippen LogP contribution in [0.25, 0.3) is 0 Å². The van der Waals surface area contributed by atoms with Crippen molar-refractivity contribution in [2.45, 2.75) is 13.0 Å². The topological polar surface area (TPSA) is 18.8 Å². The molecule has 0 spiro atoms. The molecule has 1 aromatic carbocycles. The molecule has 20 heavy (non-hydrogen) atoms. The fraction of sp³-hybridized carbons (Fsp3) is 0.533. The lowest BCUT2D eigenvalue weighted by molar-refractivity contribution is 0.325. The van der Waals surface area contributed by atoms with Gasteiger partial charge in [-0.15, -0.1) is 0 Å². The molecule has 0 N–H and O–H groups in total. The molecule has 0 radical (unpaired) electrons. The summed E-state index contributed by atoms with van der Waals surface area (Å²) in [7, 11) is 4.11. The zero-order valence-corrected chi connectivity index (χ0v) is 13.0. The predicted octanol–water partition coefficient (Wildman–Crippen LogP) is 2.68. The Balaban J connectivity index is 2.09. The zero-order valence-electron chi connectivity index (χ0n) is 12.2. The van der Waals surface area contributed by atoms with Gasteiger partial charge < -0.3 is 9.80 Å². The molecule has 0 fully saturated rings. The Labute approximate surface area is 124 Å². The standard InChI is InChI=1S/C15H22FN3S/c1-18(2)9-10-19(15-17-8-5-11-20-15)12-13-6-3-4-7-14(13)16/h3-4,6-7H,5,8-12H2,1-2H3. The SMILES string of the molecule is CN(C)CCN(Cc1ccccc1F)C1=NCCCS1. The minimum Gasteiger partial charge on any atom is -0.346 e. The monoisotopic (exact) mass is 295 g/mol. The Hall–Kier alpha value is -1.07. The fourth-order valence-corrected chi connectivity index (χ4v) is 3.01. The fourth-order valence-electron chi connectivity index (χ4n) is 2.03. The second kappa shape index (κ2) is 7.64. The molecule has 5 heteroatoms. The summed E-state index contributed by atoms with van der Waals surface area (Å²) in [5, 5.41) is 1.06. The molecule has 0 saturated carbocycles. The maximum atomic E-state index is 13.8. The third-order valence-corrected chi connectivity index (χ3v) is 4.33. The van der Waals surface area contributed by atoms with Crippen LogP contribution in [0.1, 0.15) is 12.0 Å². The molecule has 3 nitrogen and oxygen atoms in total. The summed E-state index contributed by atoms with van der Waals surface area (Å²) in [4.78, 5) is 8.94. The molecule has 110 valence electrons. The Morgan fingerprint density at radius 1 is 1.25 bits per heavy atom. The Bertz CT molecular complexity index is 462. The summed E-state index contributed by atoms with van der Waals surface area (Å²) in [6.45, 7) is 3.28. The van der Waals surface area contributed by atoms with Gasteiger partial charge in [-0.25, -0.2) is 4.39 Å². The number of rotatable bonds is 5. The van der Waals surface area contributed by atoms with Crippen molar-refractivity contribution in [3.63, 3.8) is 0 Å². The highest BCUT2D eigenvalue weighted by atomic mass is 32.2. The first-order chi connectivity index (χ1) is 9.66. The average molecular weight is 295 g/mol. The van der Waals surface area contributed by atoms with Gasteiger partial charge in [-0.2, -0.15) is 0 Å². The maximum Gasteiger partial charge on any atom is 0.159 e. The second-order valence-electron chi connectivity index (χ2n) is 5.18. The van der Waals surface area contributed by atoms with E-state index >= 15 is 0 Å². The van der Waals surface area contributed by atoms with Crippen LogP contribution in [0.15, 0.2) is 29.3 Å². The van der Waals surface area contributed by atoms with Crippen molar-refractivity contribution in [3.8, 4) is 0 Å². The molecule has 1 aliphatic heterocycles. The first-order valence-corrected chi connectivity index (χ1v) is 7.95. The molecule has 0 bridgehead atoms. The van der Waals surface area contributed by atoms with Gasteiger partial charge in [0.25, 0.3) is 0 Å². The van der Waals surface area contributed by atoms with Gasteiger partial charge in [-0.1, -0.05) is 30.0 Å². The van der Waals surface area contributed by atoms with E-state index in [0.29, 0.717) is 6.54 Å². The Kier molecular flexibility index (Phi) is 5.86. The number of amidine groups is 1. The van der Waals surface area contributed by atoms with Gasteiger partial charge in [0.15, 0.2) is 5.17 Å². The van der Waals surface area contributed by atoms with Crippen LogP contribution in [0.4, 0.5) is 4.39 Å². The summed E-state index contributed by atoms with van der Waals surface area (Å²) in [5.74, 6) is 0.970. The Morgan fingerprint density at radius 3 is 2.70 bits per heavy atom. The minimum atomic E-state index is -0.135. The second-order valence-corrected chi connectivity index (χ2v) is 6.24. The summed E-state index contributed by atoms with van der Waals surface area (Å²) < 4.78 is 13.8. The molecule has 0 aliphatic carbocycles. The number of hydrogen-bond donors (Lipinski definition) is 0. The van der Waals surface area contributed by atoms with E-state index in [0.717, 1.165) is 42.5 Å². The highest BCUT2D eigenvalue weighted by Gasteiger charge is 2.16. The predicted molar refractivity (Wildman–Crippen MR) is 84.7 cm³/mol. The molecular weight excluding hydrogens is 273 g/mol. The lowest BCUT2D eigenvalue weighted by atomic mass is 10.2. The molecule has 0 atom stereocenters. The van der Waals surface area contributed by atoms with Crippen LogP contribution in [0.5, 0.6) is 0 Å². The smallest absolute Gasteiger partial charge is 0.159 e. The van der Waals surface area contributed by atoms with E-state index in [2.05, 4.69) is 28.9 Å². The molecular formula is C15H22FN3S. The molecule has 0 unspecified atom stereocenters. The summed E-state index contributed by atoms with van der Waals surface area (Å²) in [5.41, 5.74) is 0.736. The van der Waals surface area contributed by atoms with Gasteiger partial charge in [0.2, 0.25) is 0 Å². The molecule has 2 rings (SSSR count). The normalized spacial score (nSPS) is 15.3. The summed E-state index contributed by atoms with van der Waals surface area (Å²) in [6.07, 6.45) is 1.13. The van der Waals surface area contributed by atoms with E-state index in [1.807, 2.05) is 12.1 Å². The van der Waals surface area contributed by atoms with Crippen molar-refractivity contribution in [2.75, 3.05) is 39.5 Å². The largest absolute Gasteiger partial charge is 0.346 e. The van der Waals surface area contributed by atoms with Gasteiger partial charge >= 0.3 is 0 Å². The van der Waals surface area contributed by atoms with Gasteiger partial charge in [-0.05, 0) is 26.6 Å². The molecule has 0 saturated heterocycles.